The second kappa shape index (κ2) is 29.0. The van der Waals surface area contributed by atoms with Gasteiger partial charge in [0.05, 0.1) is 54.9 Å². The Morgan fingerprint density at radius 1 is 0.868 bits per heavy atom. The highest BCUT2D eigenvalue weighted by molar-refractivity contribution is 6.12. The van der Waals surface area contributed by atoms with E-state index < -0.39 is 120 Å². The molecule has 0 spiro atoms. The van der Waals surface area contributed by atoms with E-state index in [1.54, 1.807) is 13.8 Å². The molecule has 8 atom stereocenters. The number of ether oxygens (including phenoxy) is 6. The molecule has 0 bridgehead atoms. The van der Waals surface area contributed by atoms with Gasteiger partial charge in [-0.2, -0.15) is 0 Å². The maximum atomic E-state index is 15.6. The van der Waals surface area contributed by atoms with Crippen LogP contribution in [0.3, 0.4) is 0 Å². The predicted molar refractivity (Wildman–Crippen MR) is 311 cm³/mol. The molecule has 29 nitrogen and oxygen atoms in total. The van der Waals surface area contributed by atoms with Gasteiger partial charge in [0.2, 0.25) is 29.9 Å². The number of nitrogens with zero attached hydrogens (tertiary/aromatic N) is 3. The SMILES string of the molecule is CCC1(O)C(=O)OCc2c1cc1n(c2=O)Cc2c-1nc1cc(F)c(C)c3c1c2C(NC(=O)OCc1ccc(OC2OC(C(=O)O)C(O)C(O)C2O)c(CNC(=O)CCNC(=O)C(CNC(=O)CCOCCOC)NC(=O)CCCCCN2C(=O)C=CC2=O)c1)CC3. The summed E-state index contributed by atoms with van der Waals surface area (Å²) in [4.78, 5) is 135. The van der Waals surface area contributed by atoms with Gasteiger partial charge in [-0.1, -0.05) is 19.4 Å². The first-order valence-electron chi connectivity index (χ1n) is 29.7. The monoisotopic (exact) mass is 1270 g/mol. The topological polar surface area (TPSA) is 408 Å². The number of nitrogens with one attached hydrogen (secondary N) is 5. The number of pyridine rings is 2. The van der Waals surface area contributed by atoms with Crippen LogP contribution in [-0.4, -0.2) is 177 Å². The van der Waals surface area contributed by atoms with Crippen molar-refractivity contribution in [2.24, 2.45) is 0 Å². The number of methoxy groups -OCH3 is 1. The van der Waals surface area contributed by atoms with E-state index in [1.165, 1.54) is 54.2 Å². The molecular formula is C61H71FN8O21. The third-order valence-electron chi connectivity index (χ3n) is 16.6. The zero-order chi connectivity index (χ0) is 65.4. The summed E-state index contributed by atoms with van der Waals surface area (Å²) in [5.74, 6) is -6.49. The number of hydrogen-bond donors (Lipinski definition) is 10. The van der Waals surface area contributed by atoms with Crippen molar-refractivity contribution >= 4 is 64.4 Å². The fraction of sp³-hybridized carbons (Fsp3) is 0.492. The molecule has 6 heterocycles. The number of carbonyl (C=O) groups is 9. The average Bonchev–Trinajstić information content (AvgIpc) is 1.62. The molecule has 0 radical (unpaired) electrons. The number of aliphatic hydroxyl groups excluding tert-OH is 3. The number of rotatable bonds is 28. The van der Waals surface area contributed by atoms with Crippen LogP contribution in [0, 0.1) is 12.7 Å². The lowest BCUT2D eigenvalue weighted by Crippen LogP contribution is -2.61. The van der Waals surface area contributed by atoms with Crippen molar-refractivity contribution in [1.82, 2.24) is 41.0 Å². The summed E-state index contributed by atoms with van der Waals surface area (Å²) >= 11 is 0. The number of carboxylic acid groups (broad SMARTS) is 1. The van der Waals surface area contributed by atoms with Crippen LogP contribution in [-0.2, 0) is 100 Å². The summed E-state index contributed by atoms with van der Waals surface area (Å²) in [7, 11) is 1.49. The zero-order valence-electron chi connectivity index (χ0n) is 50.0. The van der Waals surface area contributed by atoms with Crippen LogP contribution in [0.4, 0.5) is 9.18 Å². The first-order chi connectivity index (χ1) is 43.5. The van der Waals surface area contributed by atoms with Crippen LogP contribution in [0.15, 0.2) is 47.3 Å². The Balaban J connectivity index is 0.870. The average molecular weight is 1270 g/mol. The number of benzene rings is 2. The maximum absolute atomic E-state index is 15.6. The van der Waals surface area contributed by atoms with Crippen molar-refractivity contribution in [3.63, 3.8) is 0 Å². The molecule has 10 N–H and O–H groups in total. The van der Waals surface area contributed by atoms with Gasteiger partial charge in [-0.05, 0) is 79.5 Å². The summed E-state index contributed by atoms with van der Waals surface area (Å²) < 4.78 is 49.5. The lowest BCUT2D eigenvalue weighted by molar-refractivity contribution is -0.271. The van der Waals surface area contributed by atoms with Gasteiger partial charge in [-0.15, -0.1) is 0 Å². The van der Waals surface area contributed by atoms with Gasteiger partial charge in [-0.3, -0.25) is 38.5 Å². The molecule has 91 heavy (non-hydrogen) atoms. The first-order valence-corrected chi connectivity index (χ1v) is 29.7. The normalized spacial score (nSPS) is 21.5. The second-order valence-electron chi connectivity index (χ2n) is 22.5. The summed E-state index contributed by atoms with van der Waals surface area (Å²) in [6.45, 7) is 2.21. The smallest absolute Gasteiger partial charge is 0.407 e. The number of imide groups is 1. The van der Waals surface area contributed by atoms with Crippen LogP contribution in [0.2, 0.25) is 0 Å². The molecule has 7 amide bonds. The fourth-order valence-corrected chi connectivity index (χ4v) is 11.6. The van der Waals surface area contributed by atoms with Crippen LogP contribution in [0.25, 0.3) is 22.3 Å². The van der Waals surface area contributed by atoms with E-state index in [0.29, 0.717) is 65.5 Å². The van der Waals surface area contributed by atoms with Crippen LogP contribution in [0.5, 0.6) is 5.75 Å². The molecule has 30 heteroatoms. The Morgan fingerprint density at radius 3 is 2.36 bits per heavy atom. The number of carbonyl (C=O) groups excluding carboxylic acids is 8. The summed E-state index contributed by atoms with van der Waals surface area (Å²) in [5.41, 5.74) is 0.929. The van der Waals surface area contributed by atoms with E-state index in [9.17, 15) is 73.5 Å². The summed E-state index contributed by atoms with van der Waals surface area (Å²) in [6.07, 6.45) is -7.24. The minimum atomic E-state index is -2.11. The third-order valence-corrected chi connectivity index (χ3v) is 16.6. The molecule has 1 saturated heterocycles. The number of hydrogen-bond acceptors (Lipinski definition) is 21. The number of halogens is 1. The largest absolute Gasteiger partial charge is 0.479 e. The Bertz CT molecular complexity index is 3620. The lowest BCUT2D eigenvalue weighted by atomic mass is 9.81. The Labute approximate surface area is 518 Å². The molecule has 5 aliphatic rings. The number of carboxylic acids is 1. The number of aryl methyl sites for hydroxylation is 1. The van der Waals surface area contributed by atoms with Crippen molar-refractivity contribution in [3.05, 3.63) is 103 Å². The molecule has 1 aliphatic carbocycles. The Hall–Kier alpha value is -8.78. The van der Waals surface area contributed by atoms with Gasteiger partial charge in [-0.25, -0.2) is 23.8 Å². The molecule has 8 unspecified atom stereocenters. The van der Waals surface area contributed by atoms with Gasteiger partial charge < -0.3 is 85.1 Å². The van der Waals surface area contributed by atoms with Gasteiger partial charge >= 0.3 is 18.0 Å². The number of alkyl carbamates (subject to hydrolysis) is 1. The molecule has 9 rings (SSSR count). The van der Waals surface area contributed by atoms with E-state index >= 15 is 4.39 Å². The molecular weight excluding hydrogens is 1200 g/mol. The van der Waals surface area contributed by atoms with Crippen molar-refractivity contribution in [1.29, 1.82) is 0 Å². The standard InChI is InChI=1S/C61H71FN8O21/c1-4-61(85)36-23-41-50-34(27-70(41)56(80)35(36)29-88-59(61)83)49-38(11-10-33-30(2)37(62)24-39(67-50)48(33)49)68-60(84)89-28-31-9-12-42(90-58-53(78)51(76)52(77)54(91-58)57(81)82)32(22-31)25-64-43(71)15-17-63-55(79)40(26-65-44(72)16-19-87-21-20-86-3)66-45(73)8-6-5-7-18-69-46(74)13-14-47(69)75/h9,12-14,22-24,38,40,51-54,58,76-78,85H,4-8,10-11,15-21,25-29H2,1-3H3,(H,63,79)(H,64,71)(H,65,72)(H,66,73)(H,68,84)(H,81,82). The molecule has 1 fully saturated rings. The maximum Gasteiger partial charge on any atom is 0.407 e. The van der Waals surface area contributed by atoms with Crippen molar-refractivity contribution in [3.8, 4) is 17.1 Å². The third kappa shape index (κ3) is 14.7. The van der Waals surface area contributed by atoms with Gasteiger partial charge in [0.15, 0.2) is 11.7 Å². The quantitative estimate of drug-likeness (QED) is 0.0179. The van der Waals surface area contributed by atoms with Gasteiger partial charge in [0.1, 0.15) is 49.1 Å². The van der Waals surface area contributed by atoms with E-state index in [2.05, 4.69) is 26.6 Å². The van der Waals surface area contributed by atoms with Crippen LogP contribution in [0.1, 0.15) is 109 Å². The Kier molecular flexibility index (Phi) is 21.2. The number of aliphatic carboxylic acids is 1. The lowest BCUT2D eigenvalue weighted by Gasteiger charge is -2.38. The van der Waals surface area contributed by atoms with Crippen molar-refractivity contribution < 1.29 is 101 Å². The van der Waals surface area contributed by atoms with Crippen molar-refractivity contribution in [2.45, 2.75) is 146 Å². The fourth-order valence-electron chi connectivity index (χ4n) is 11.6. The van der Waals surface area contributed by atoms with Crippen LogP contribution < -0.4 is 36.9 Å². The van der Waals surface area contributed by atoms with Crippen molar-refractivity contribution in [2.75, 3.05) is 46.6 Å². The van der Waals surface area contributed by atoms with E-state index in [1.807, 2.05) is 0 Å². The van der Waals surface area contributed by atoms with Crippen LogP contribution >= 0.6 is 0 Å². The molecule has 488 valence electrons. The van der Waals surface area contributed by atoms with E-state index in [0.717, 1.165) is 4.90 Å². The second-order valence-corrected chi connectivity index (χ2v) is 22.5. The molecule has 4 aliphatic heterocycles. The van der Waals surface area contributed by atoms with Gasteiger partial charge in [0.25, 0.3) is 17.4 Å². The van der Waals surface area contributed by atoms with Gasteiger partial charge in [0, 0.05) is 92.8 Å². The zero-order valence-corrected chi connectivity index (χ0v) is 50.0. The molecule has 4 aromatic rings. The first kappa shape index (κ1) is 66.6. The number of cyclic esters (lactones) is 1. The molecule has 2 aromatic heterocycles. The Morgan fingerprint density at radius 2 is 1.63 bits per heavy atom. The highest BCUT2D eigenvalue weighted by atomic mass is 19.1. The number of amides is 7. The molecule has 2 aromatic carbocycles. The number of aliphatic hydroxyl groups is 4. The number of esters is 1. The summed E-state index contributed by atoms with van der Waals surface area (Å²) in [6, 6.07) is 4.94. The van der Waals surface area contributed by atoms with E-state index in [4.69, 9.17) is 33.4 Å². The highest BCUT2D eigenvalue weighted by Crippen LogP contribution is 2.46. The highest BCUT2D eigenvalue weighted by Gasteiger charge is 2.49. The minimum absolute atomic E-state index is 0.0223. The molecule has 0 saturated carbocycles. The number of unbranched alkanes of at least 4 members (excludes halogenated alkanes) is 2. The van der Waals surface area contributed by atoms with E-state index in [-0.39, 0.29) is 124 Å². The minimum Gasteiger partial charge on any atom is -0.479 e. The summed E-state index contributed by atoms with van der Waals surface area (Å²) in [5, 5.41) is 66.8. The predicted octanol–water partition coefficient (Wildman–Crippen LogP) is -0.0262. The number of fused-ring (bicyclic) bond motifs is 5. The number of aromatic nitrogens is 2.